The monoisotopic (exact) mass is 242 g/mol. The number of amides is 1. The lowest BCUT2D eigenvalue weighted by atomic mass is 9.67. The van der Waals surface area contributed by atoms with E-state index < -0.39 is 0 Å². The number of rotatable bonds is 4. The van der Waals surface area contributed by atoms with Gasteiger partial charge in [-0.05, 0) is 48.9 Å². The highest BCUT2D eigenvalue weighted by molar-refractivity contribution is 5.94. The van der Waals surface area contributed by atoms with E-state index in [2.05, 4.69) is 12.2 Å². The Bertz CT molecular complexity index is 461. The summed E-state index contributed by atoms with van der Waals surface area (Å²) in [6.45, 7) is 2.95. The van der Waals surface area contributed by atoms with Crippen LogP contribution in [0.15, 0.2) is 24.3 Å². The third kappa shape index (κ3) is 2.53. The van der Waals surface area contributed by atoms with Gasteiger partial charge in [0.05, 0.1) is 11.6 Å². The zero-order valence-electron chi connectivity index (χ0n) is 10.7. The maximum absolute atomic E-state index is 12.0. The van der Waals surface area contributed by atoms with Gasteiger partial charge in [-0.1, -0.05) is 13.3 Å². The normalized spacial score (nSPS) is 16.4. The van der Waals surface area contributed by atoms with E-state index in [0.717, 1.165) is 13.0 Å². The Labute approximate surface area is 108 Å². The maximum atomic E-state index is 12.0. The molecule has 1 fully saturated rings. The molecule has 1 aromatic carbocycles. The molecule has 1 aliphatic rings. The first kappa shape index (κ1) is 12.6. The van der Waals surface area contributed by atoms with Crippen LogP contribution in [0.25, 0.3) is 0 Å². The highest BCUT2D eigenvalue weighted by Gasteiger charge is 2.35. The zero-order valence-corrected chi connectivity index (χ0v) is 10.7. The lowest BCUT2D eigenvalue weighted by Crippen LogP contribution is -2.41. The summed E-state index contributed by atoms with van der Waals surface area (Å²) >= 11 is 0. The molecule has 3 heteroatoms. The highest BCUT2D eigenvalue weighted by atomic mass is 16.1. The second kappa shape index (κ2) is 5.22. The number of nitrogens with one attached hydrogen (secondary N) is 1. The van der Waals surface area contributed by atoms with Crippen molar-refractivity contribution in [2.45, 2.75) is 32.6 Å². The Morgan fingerprint density at radius 3 is 2.50 bits per heavy atom. The molecule has 0 bridgehead atoms. The fourth-order valence-corrected chi connectivity index (χ4v) is 2.40. The Balaban J connectivity index is 1.93. The zero-order chi connectivity index (χ0) is 13.0. The number of nitriles is 1. The molecule has 0 heterocycles. The Morgan fingerprint density at radius 1 is 1.39 bits per heavy atom. The molecule has 1 N–H and O–H groups in total. The van der Waals surface area contributed by atoms with Gasteiger partial charge in [-0.3, -0.25) is 4.79 Å². The third-order valence-corrected chi connectivity index (χ3v) is 4.06. The molecular weight excluding hydrogens is 224 g/mol. The SMILES string of the molecule is CCC1(CNC(=O)c2ccc(C#N)cc2)CCC1. The van der Waals surface area contributed by atoms with Crippen molar-refractivity contribution in [3.63, 3.8) is 0 Å². The fourth-order valence-electron chi connectivity index (χ4n) is 2.40. The van der Waals surface area contributed by atoms with Crippen LogP contribution >= 0.6 is 0 Å². The topological polar surface area (TPSA) is 52.9 Å². The average Bonchev–Trinajstić information content (AvgIpc) is 2.38. The number of carbonyl (C=O) groups is 1. The van der Waals surface area contributed by atoms with Crippen molar-refractivity contribution in [1.82, 2.24) is 5.32 Å². The van der Waals surface area contributed by atoms with Crippen molar-refractivity contribution in [2.75, 3.05) is 6.54 Å². The molecule has 1 aromatic rings. The van der Waals surface area contributed by atoms with E-state index in [1.807, 2.05) is 6.07 Å². The van der Waals surface area contributed by atoms with E-state index in [4.69, 9.17) is 5.26 Å². The van der Waals surface area contributed by atoms with Gasteiger partial charge in [0.25, 0.3) is 5.91 Å². The molecule has 3 nitrogen and oxygen atoms in total. The average molecular weight is 242 g/mol. The standard InChI is InChI=1S/C15H18N2O/c1-2-15(8-3-9-15)11-17-14(18)13-6-4-12(10-16)5-7-13/h4-7H,2-3,8-9,11H2,1H3,(H,17,18). The molecule has 0 saturated heterocycles. The Hall–Kier alpha value is -1.82. The van der Waals surface area contributed by atoms with E-state index >= 15 is 0 Å². The van der Waals surface area contributed by atoms with Crippen LogP contribution in [0.4, 0.5) is 0 Å². The highest BCUT2D eigenvalue weighted by Crippen LogP contribution is 2.43. The summed E-state index contributed by atoms with van der Waals surface area (Å²) < 4.78 is 0. The Morgan fingerprint density at radius 2 is 2.06 bits per heavy atom. The molecule has 0 spiro atoms. The molecule has 1 aliphatic carbocycles. The first-order valence-corrected chi connectivity index (χ1v) is 6.47. The summed E-state index contributed by atoms with van der Waals surface area (Å²) in [5, 5.41) is 11.7. The summed E-state index contributed by atoms with van der Waals surface area (Å²) in [6.07, 6.45) is 4.84. The Kier molecular flexibility index (Phi) is 3.66. The van der Waals surface area contributed by atoms with Crippen LogP contribution in [0, 0.1) is 16.7 Å². The van der Waals surface area contributed by atoms with Crippen LogP contribution in [0.3, 0.4) is 0 Å². The van der Waals surface area contributed by atoms with Gasteiger partial charge in [-0.25, -0.2) is 0 Å². The van der Waals surface area contributed by atoms with E-state index in [1.54, 1.807) is 24.3 Å². The summed E-state index contributed by atoms with van der Waals surface area (Å²) in [4.78, 5) is 12.0. The van der Waals surface area contributed by atoms with Gasteiger partial charge >= 0.3 is 0 Å². The van der Waals surface area contributed by atoms with E-state index in [-0.39, 0.29) is 5.91 Å². The van der Waals surface area contributed by atoms with Gasteiger partial charge in [0.1, 0.15) is 0 Å². The summed E-state index contributed by atoms with van der Waals surface area (Å²) in [5.41, 5.74) is 1.54. The summed E-state index contributed by atoms with van der Waals surface area (Å²) in [5.74, 6) is -0.0424. The lowest BCUT2D eigenvalue weighted by molar-refractivity contribution is 0.0850. The summed E-state index contributed by atoms with van der Waals surface area (Å²) in [7, 11) is 0. The van der Waals surface area contributed by atoms with Crippen LogP contribution in [0.1, 0.15) is 48.5 Å². The van der Waals surface area contributed by atoms with E-state index in [1.165, 1.54) is 19.3 Å². The second-order valence-corrected chi connectivity index (χ2v) is 5.08. The van der Waals surface area contributed by atoms with Crippen molar-refractivity contribution < 1.29 is 4.79 Å². The fraction of sp³-hybridized carbons (Fsp3) is 0.467. The van der Waals surface area contributed by atoms with Gasteiger partial charge < -0.3 is 5.32 Å². The quantitative estimate of drug-likeness (QED) is 0.882. The number of hydrogen-bond acceptors (Lipinski definition) is 2. The predicted octanol–water partition coefficient (Wildman–Crippen LogP) is 2.87. The largest absolute Gasteiger partial charge is 0.351 e. The smallest absolute Gasteiger partial charge is 0.251 e. The van der Waals surface area contributed by atoms with Crippen LogP contribution < -0.4 is 5.32 Å². The molecule has 18 heavy (non-hydrogen) atoms. The van der Waals surface area contributed by atoms with Gasteiger partial charge in [-0.15, -0.1) is 0 Å². The van der Waals surface area contributed by atoms with Crippen molar-refractivity contribution in [2.24, 2.45) is 5.41 Å². The van der Waals surface area contributed by atoms with Crippen LogP contribution in [0.5, 0.6) is 0 Å². The van der Waals surface area contributed by atoms with Crippen molar-refractivity contribution in [3.8, 4) is 6.07 Å². The van der Waals surface area contributed by atoms with Crippen molar-refractivity contribution >= 4 is 5.91 Å². The molecular formula is C15H18N2O. The molecule has 1 saturated carbocycles. The number of nitrogens with zero attached hydrogens (tertiary/aromatic N) is 1. The van der Waals surface area contributed by atoms with Crippen LogP contribution in [-0.2, 0) is 0 Å². The molecule has 1 amide bonds. The molecule has 2 rings (SSSR count). The molecule has 0 unspecified atom stereocenters. The number of benzene rings is 1. The maximum Gasteiger partial charge on any atom is 0.251 e. The molecule has 0 atom stereocenters. The minimum Gasteiger partial charge on any atom is -0.351 e. The van der Waals surface area contributed by atoms with Crippen molar-refractivity contribution in [3.05, 3.63) is 35.4 Å². The van der Waals surface area contributed by atoms with Gasteiger partial charge in [0, 0.05) is 12.1 Å². The van der Waals surface area contributed by atoms with Crippen LogP contribution in [-0.4, -0.2) is 12.5 Å². The molecule has 0 aliphatic heterocycles. The van der Waals surface area contributed by atoms with E-state index in [0.29, 0.717) is 16.5 Å². The summed E-state index contributed by atoms with van der Waals surface area (Å²) in [6, 6.07) is 8.80. The number of carbonyl (C=O) groups excluding carboxylic acids is 1. The van der Waals surface area contributed by atoms with Gasteiger partial charge in [0.15, 0.2) is 0 Å². The number of hydrogen-bond donors (Lipinski definition) is 1. The van der Waals surface area contributed by atoms with E-state index in [9.17, 15) is 4.79 Å². The minimum absolute atomic E-state index is 0.0424. The van der Waals surface area contributed by atoms with Crippen LogP contribution in [0.2, 0.25) is 0 Å². The minimum atomic E-state index is -0.0424. The van der Waals surface area contributed by atoms with Crippen molar-refractivity contribution in [1.29, 1.82) is 5.26 Å². The first-order valence-electron chi connectivity index (χ1n) is 6.47. The molecule has 0 radical (unpaired) electrons. The third-order valence-electron chi connectivity index (χ3n) is 4.06. The molecule has 0 aromatic heterocycles. The molecule has 94 valence electrons. The predicted molar refractivity (Wildman–Crippen MR) is 70.1 cm³/mol. The van der Waals surface area contributed by atoms with Gasteiger partial charge in [-0.2, -0.15) is 5.26 Å². The second-order valence-electron chi connectivity index (χ2n) is 5.08. The lowest BCUT2D eigenvalue weighted by Gasteiger charge is -2.41. The first-order chi connectivity index (χ1) is 8.69. The van der Waals surface area contributed by atoms with Gasteiger partial charge in [0.2, 0.25) is 0 Å².